The molecule has 3 aliphatic carbocycles. The zero-order chi connectivity index (χ0) is 14.6. The molecule has 0 aromatic rings. The summed E-state index contributed by atoms with van der Waals surface area (Å²) in [7, 11) is 0. The fourth-order valence-corrected chi connectivity index (χ4v) is 5.05. The highest BCUT2D eigenvalue weighted by molar-refractivity contribution is 5.93. The summed E-state index contributed by atoms with van der Waals surface area (Å²) in [6.07, 6.45) is 9.15. The Hall–Kier alpha value is -1.38. The molecule has 3 nitrogen and oxygen atoms in total. The van der Waals surface area contributed by atoms with Gasteiger partial charge in [0.1, 0.15) is 5.60 Å². The van der Waals surface area contributed by atoms with Gasteiger partial charge in [-0.3, -0.25) is 9.59 Å². The van der Waals surface area contributed by atoms with E-state index in [1.54, 1.807) is 5.57 Å². The number of ether oxygens (including phenoxy) is 1. The molecule has 21 heavy (non-hydrogen) atoms. The van der Waals surface area contributed by atoms with Crippen LogP contribution >= 0.6 is 0 Å². The van der Waals surface area contributed by atoms with Crippen LogP contribution in [0.4, 0.5) is 0 Å². The van der Waals surface area contributed by atoms with Crippen LogP contribution in [0, 0.1) is 11.8 Å². The Labute approximate surface area is 125 Å². The van der Waals surface area contributed by atoms with Crippen molar-refractivity contribution in [2.75, 3.05) is 0 Å². The van der Waals surface area contributed by atoms with Crippen LogP contribution in [0.3, 0.4) is 0 Å². The van der Waals surface area contributed by atoms with Crippen molar-refractivity contribution in [3.63, 3.8) is 0 Å². The highest BCUT2D eigenvalue weighted by atomic mass is 16.6. The van der Waals surface area contributed by atoms with Crippen molar-refractivity contribution < 1.29 is 14.3 Å². The predicted molar refractivity (Wildman–Crippen MR) is 78.5 cm³/mol. The lowest BCUT2D eigenvalue weighted by atomic mass is 9.59. The molecule has 0 radical (unpaired) electrons. The van der Waals surface area contributed by atoms with Gasteiger partial charge in [-0.2, -0.15) is 0 Å². The Kier molecular flexibility index (Phi) is 2.88. The van der Waals surface area contributed by atoms with Crippen molar-refractivity contribution >= 4 is 11.8 Å². The van der Waals surface area contributed by atoms with Crippen LogP contribution in [0.1, 0.15) is 58.3 Å². The summed E-state index contributed by atoms with van der Waals surface area (Å²) < 4.78 is 5.75. The summed E-state index contributed by atoms with van der Waals surface area (Å²) in [6, 6.07) is 0. The quantitative estimate of drug-likeness (QED) is 0.640. The van der Waals surface area contributed by atoms with Crippen molar-refractivity contribution in [2.45, 2.75) is 63.9 Å². The van der Waals surface area contributed by atoms with Crippen LogP contribution in [-0.2, 0) is 14.3 Å². The molecule has 1 heterocycles. The maximum absolute atomic E-state index is 11.7. The highest BCUT2D eigenvalue weighted by Gasteiger charge is 2.50. The zero-order valence-corrected chi connectivity index (χ0v) is 12.6. The van der Waals surface area contributed by atoms with Gasteiger partial charge < -0.3 is 4.74 Å². The molecule has 112 valence electrons. The first-order chi connectivity index (χ1) is 10.1. The van der Waals surface area contributed by atoms with Crippen LogP contribution < -0.4 is 0 Å². The minimum absolute atomic E-state index is 0.0236. The molecule has 4 rings (SSSR count). The zero-order valence-electron chi connectivity index (χ0n) is 12.6. The van der Waals surface area contributed by atoms with Crippen molar-refractivity contribution in [3.05, 3.63) is 22.8 Å². The van der Waals surface area contributed by atoms with Crippen molar-refractivity contribution in [2.24, 2.45) is 11.8 Å². The van der Waals surface area contributed by atoms with E-state index in [1.165, 1.54) is 11.1 Å². The van der Waals surface area contributed by atoms with E-state index in [1.807, 2.05) is 6.08 Å². The van der Waals surface area contributed by atoms with Gasteiger partial charge in [0.05, 0.1) is 0 Å². The molecule has 4 aliphatic rings. The lowest BCUT2D eigenvalue weighted by molar-refractivity contribution is -0.180. The Morgan fingerprint density at radius 3 is 2.81 bits per heavy atom. The average Bonchev–Trinajstić information content (AvgIpc) is 2.45. The third-order valence-electron chi connectivity index (χ3n) is 6.07. The molecule has 0 aromatic heterocycles. The van der Waals surface area contributed by atoms with Gasteiger partial charge in [-0.15, -0.1) is 0 Å². The molecule has 3 unspecified atom stereocenters. The Bertz CT molecular complexity index is 583. The molecule has 0 N–H and O–H groups in total. The molecular formula is C18H22O3. The summed E-state index contributed by atoms with van der Waals surface area (Å²) in [5.74, 6) is 1.31. The second-order valence-electron chi connectivity index (χ2n) is 7.22. The fraction of sp³-hybridized carbons (Fsp3) is 0.667. The summed E-state index contributed by atoms with van der Waals surface area (Å²) in [5, 5.41) is 0. The van der Waals surface area contributed by atoms with Gasteiger partial charge in [0, 0.05) is 18.8 Å². The molecule has 0 amide bonds. The second-order valence-corrected chi connectivity index (χ2v) is 7.22. The van der Waals surface area contributed by atoms with E-state index >= 15 is 0 Å². The molecule has 1 aliphatic heterocycles. The molecule has 1 saturated heterocycles. The van der Waals surface area contributed by atoms with Crippen molar-refractivity contribution in [1.29, 1.82) is 0 Å². The largest absolute Gasteiger partial charge is 0.459 e. The third kappa shape index (κ3) is 2.01. The number of carbonyl (C=O) groups is 2. The van der Waals surface area contributed by atoms with E-state index in [0.717, 1.165) is 38.5 Å². The molecule has 3 atom stereocenters. The van der Waals surface area contributed by atoms with Gasteiger partial charge in [0.2, 0.25) is 0 Å². The standard InChI is InChI=1S/C18H22O3/c1-18-9-8-14-13-5-3-12(19)10-11(13)2-4-15(14)16(18)6-7-17(20)21-18/h10,15-16H,2-9H2,1H3. The van der Waals surface area contributed by atoms with Crippen molar-refractivity contribution in [3.8, 4) is 0 Å². The van der Waals surface area contributed by atoms with E-state index in [-0.39, 0.29) is 11.6 Å². The first-order valence-corrected chi connectivity index (χ1v) is 8.24. The highest BCUT2D eigenvalue weighted by Crippen LogP contribution is 2.54. The van der Waals surface area contributed by atoms with Crippen LogP contribution in [0.2, 0.25) is 0 Å². The SMILES string of the molecule is CC12CCC3=C4CCC(=O)C=C4CCC3C1CCC(=O)O2. The van der Waals surface area contributed by atoms with Crippen LogP contribution in [0.5, 0.6) is 0 Å². The molecule has 0 aromatic carbocycles. The average molecular weight is 286 g/mol. The summed E-state index contributed by atoms with van der Waals surface area (Å²) in [6.45, 7) is 2.13. The Morgan fingerprint density at radius 1 is 1.10 bits per heavy atom. The fourth-order valence-electron chi connectivity index (χ4n) is 5.05. The number of hydrogen-bond acceptors (Lipinski definition) is 3. The van der Waals surface area contributed by atoms with Crippen LogP contribution in [0.25, 0.3) is 0 Å². The minimum Gasteiger partial charge on any atom is -0.459 e. The number of hydrogen-bond donors (Lipinski definition) is 0. The van der Waals surface area contributed by atoms with Gasteiger partial charge in [-0.05, 0) is 68.6 Å². The number of carbonyl (C=O) groups excluding carboxylic acids is 2. The van der Waals surface area contributed by atoms with Gasteiger partial charge >= 0.3 is 5.97 Å². The molecule has 0 bridgehead atoms. The lowest BCUT2D eigenvalue weighted by Gasteiger charge is -2.51. The van der Waals surface area contributed by atoms with E-state index in [2.05, 4.69) is 6.92 Å². The summed E-state index contributed by atoms with van der Waals surface area (Å²) >= 11 is 0. The number of esters is 1. The smallest absolute Gasteiger partial charge is 0.306 e. The van der Waals surface area contributed by atoms with Gasteiger partial charge in [0.15, 0.2) is 5.78 Å². The molecule has 1 saturated carbocycles. The second kappa shape index (κ2) is 4.56. The molecule has 0 spiro atoms. The first kappa shape index (κ1) is 13.3. The maximum Gasteiger partial charge on any atom is 0.306 e. The summed E-state index contributed by atoms with van der Waals surface area (Å²) in [4.78, 5) is 23.3. The van der Waals surface area contributed by atoms with Crippen molar-refractivity contribution in [1.82, 2.24) is 0 Å². The first-order valence-electron chi connectivity index (χ1n) is 8.24. The third-order valence-corrected chi connectivity index (χ3v) is 6.07. The summed E-state index contributed by atoms with van der Waals surface area (Å²) in [5.41, 5.74) is 4.11. The Balaban J connectivity index is 1.72. The normalized spacial score (nSPS) is 39.0. The number of rotatable bonds is 0. The number of fused-ring (bicyclic) bond motifs is 4. The lowest BCUT2D eigenvalue weighted by Crippen LogP contribution is -2.51. The topological polar surface area (TPSA) is 43.4 Å². The van der Waals surface area contributed by atoms with E-state index < -0.39 is 0 Å². The molecule has 3 heteroatoms. The Morgan fingerprint density at radius 2 is 1.95 bits per heavy atom. The van der Waals surface area contributed by atoms with E-state index in [0.29, 0.717) is 30.5 Å². The van der Waals surface area contributed by atoms with Gasteiger partial charge in [-0.25, -0.2) is 0 Å². The monoisotopic (exact) mass is 286 g/mol. The molecular weight excluding hydrogens is 264 g/mol. The number of ketones is 1. The van der Waals surface area contributed by atoms with Gasteiger partial charge in [-0.1, -0.05) is 5.57 Å². The van der Waals surface area contributed by atoms with Gasteiger partial charge in [0.25, 0.3) is 0 Å². The van der Waals surface area contributed by atoms with E-state index in [4.69, 9.17) is 4.74 Å². The maximum atomic E-state index is 11.7. The van der Waals surface area contributed by atoms with Crippen LogP contribution in [0.15, 0.2) is 22.8 Å². The van der Waals surface area contributed by atoms with E-state index in [9.17, 15) is 9.59 Å². The molecule has 2 fully saturated rings. The van der Waals surface area contributed by atoms with Crippen LogP contribution in [-0.4, -0.2) is 17.4 Å². The minimum atomic E-state index is -0.254. The predicted octanol–water partition coefficient (Wildman–Crippen LogP) is 3.49. The number of allylic oxidation sites excluding steroid dienone is 4.